The minimum atomic E-state index is -4.17. The van der Waals surface area contributed by atoms with Crippen LogP contribution in [0.25, 0.3) is 16.8 Å². The summed E-state index contributed by atoms with van der Waals surface area (Å²) >= 11 is 0. The normalized spacial score (nSPS) is 18.0. The van der Waals surface area contributed by atoms with E-state index in [2.05, 4.69) is 35.5 Å². The summed E-state index contributed by atoms with van der Waals surface area (Å²) in [6.07, 6.45) is 3.40. The van der Waals surface area contributed by atoms with Gasteiger partial charge in [-0.2, -0.15) is 4.98 Å². The van der Waals surface area contributed by atoms with Crippen LogP contribution in [0.1, 0.15) is 66.5 Å². The Morgan fingerprint density at radius 2 is 1.69 bits per heavy atom. The van der Waals surface area contributed by atoms with Gasteiger partial charge in [0.25, 0.3) is 15.9 Å². The lowest BCUT2D eigenvalue weighted by Crippen LogP contribution is -2.45. The van der Waals surface area contributed by atoms with Crippen LogP contribution in [0.3, 0.4) is 0 Å². The number of anilines is 1. The Morgan fingerprint density at radius 1 is 0.938 bits per heavy atom. The first-order valence-corrected chi connectivity index (χ1v) is 17.6. The van der Waals surface area contributed by atoms with Gasteiger partial charge in [-0.3, -0.25) is 9.78 Å². The van der Waals surface area contributed by atoms with E-state index in [-0.39, 0.29) is 46.8 Å². The van der Waals surface area contributed by atoms with E-state index in [9.17, 15) is 13.2 Å². The molecule has 0 spiro atoms. The smallest absolute Gasteiger partial charge is 0.264 e. The third kappa shape index (κ3) is 7.58. The van der Waals surface area contributed by atoms with Gasteiger partial charge in [0.1, 0.15) is 6.61 Å². The van der Waals surface area contributed by atoms with Gasteiger partial charge in [-0.25, -0.2) is 18.1 Å². The van der Waals surface area contributed by atoms with E-state index < -0.39 is 16.1 Å². The molecule has 0 saturated carbocycles. The van der Waals surface area contributed by atoms with E-state index in [1.54, 1.807) is 23.1 Å². The van der Waals surface area contributed by atoms with Crippen molar-refractivity contribution in [1.29, 1.82) is 0 Å². The van der Waals surface area contributed by atoms with Gasteiger partial charge in [-0.1, -0.05) is 57.2 Å². The Balaban J connectivity index is 1.47. The van der Waals surface area contributed by atoms with E-state index in [1.807, 2.05) is 56.3 Å². The second-order valence-electron chi connectivity index (χ2n) is 13.5. The van der Waals surface area contributed by atoms with Crippen molar-refractivity contribution in [2.24, 2.45) is 5.41 Å². The molecule has 6 rings (SSSR count). The molecule has 2 aromatic heterocycles. The highest BCUT2D eigenvalue weighted by Gasteiger charge is 2.32. The SMILES string of the molecule is Cc1cccc(C)c1-c1cc2nc(n1)NS(=O)(=O)c1cccc(c1)C(=O)N(Cc1cccc(C3=CCOCC3)n1)[C@H](CC(C)(C)C)CO2. The highest BCUT2D eigenvalue weighted by atomic mass is 32.2. The molecule has 2 aliphatic heterocycles. The molecule has 48 heavy (non-hydrogen) atoms. The van der Waals surface area contributed by atoms with Gasteiger partial charge < -0.3 is 14.4 Å². The quantitative estimate of drug-likeness (QED) is 0.253. The van der Waals surface area contributed by atoms with Crippen LogP contribution in [0.4, 0.5) is 5.95 Å². The number of pyridine rings is 1. The topological polar surface area (TPSA) is 124 Å². The first kappa shape index (κ1) is 33.3. The van der Waals surface area contributed by atoms with Crippen LogP contribution in [0.5, 0.6) is 5.88 Å². The summed E-state index contributed by atoms with van der Waals surface area (Å²) in [5, 5.41) is 0. The number of carbonyl (C=O) groups is 1. The number of sulfonamides is 1. The summed E-state index contributed by atoms with van der Waals surface area (Å²) in [6, 6.07) is 19.1. The lowest BCUT2D eigenvalue weighted by atomic mass is 9.87. The van der Waals surface area contributed by atoms with Gasteiger partial charge in [0.05, 0.1) is 47.8 Å². The van der Waals surface area contributed by atoms with Crippen LogP contribution in [-0.4, -0.2) is 60.0 Å². The van der Waals surface area contributed by atoms with E-state index in [1.165, 1.54) is 12.1 Å². The summed E-state index contributed by atoms with van der Waals surface area (Å²) in [4.78, 5) is 30.2. The third-order valence-corrected chi connectivity index (χ3v) is 9.79. The lowest BCUT2D eigenvalue weighted by Gasteiger charge is -2.35. The minimum Gasteiger partial charge on any atom is -0.475 e. The molecule has 1 atom stereocenters. The van der Waals surface area contributed by atoms with E-state index in [4.69, 9.17) is 14.5 Å². The van der Waals surface area contributed by atoms with Crippen LogP contribution >= 0.6 is 0 Å². The van der Waals surface area contributed by atoms with Crippen molar-refractivity contribution in [3.05, 3.63) is 101 Å². The molecule has 4 bridgehead atoms. The largest absolute Gasteiger partial charge is 0.475 e. The Bertz CT molecular complexity index is 1970. The van der Waals surface area contributed by atoms with E-state index in [0.717, 1.165) is 34.4 Å². The van der Waals surface area contributed by atoms with Crippen molar-refractivity contribution in [3.63, 3.8) is 0 Å². The molecule has 2 aliphatic rings. The lowest BCUT2D eigenvalue weighted by molar-refractivity contribution is 0.0509. The third-order valence-electron chi connectivity index (χ3n) is 8.46. The summed E-state index contributed by atoms with van der Waals surface area (Å²) < 4.78 is 41.8. The zero-order valence-electron chi connectivity index (χ0n) is 28.0. The number of rotatable bonds is 5. The van der Waals surface area contributed by atoms with Crippen molar-refractivity contribution in [1.82, 2.24) is 19.9 Å². The van der Waals surface area contributed by atoms with E-state index >= 15 is 0 Å². The minimum absolute atomic E-state index is 0.0740. The molecule has 10 nitrogen and oxygen atoms in total. The second kappa shape index (κ2) is 13.5. The Hall–Kier alpha value is -4.61. The molecule has 11 heteroatoms. The number of amides is 1. The van der Waals surface area contributed by atoms with Crippen molar-refractivity contribution in [3.8, 4) is 17.1 Å². The van der Waals surface area contributed by atoms with Gasteiger partial charge in [0, 0.05) is 17.2 Å². The number of carbonyl (C=O) groups excluding carboxylic acids is 1. The van der Waals surface area contributed by atoms with E-state index in [0.29, 0.717) is 31.0 Å². The molecule has 4 aromatic rings. The number of nitrogens with zero attached hydrogens (tertiary/aromatic N) is 4. The fraction of sp³-hybridized carbons (Fsp3) is 0.351. The Kier molecular flexibility index (Phi) is 9.35. The van der Waals surface area contributed by atoms with Gasteiger partial charge in [-0.15, -0.1) is 0 Å². The molecular formula is C37H41N5O5S. The van der Waals surface area contributed by atoms with Crippen molar-refractivity contribution in [2.75, 3.05) is 24.5 Å². The van der Waals surface area contributed by atoms with Crippen LogP contribution in [0.2, 0.25) is 0 Å². The highest BCUT2D eigenvalue weighted by molar-refractivity contribution is 7.92. The van der Waals surface area contributed by atoms with Gasteiger partial charge in [0.2, 0.25) is 11.8 Å². The summed E-state index contributed by atoms with van der Waals surface area (Å²) in [6.45, 7) is 11.8. The number of hydrogen-bond acceptors (Lipinski definition) is 8. The van der Waals surface area contributed by atoms with Gasteiger partial charge in [0.15, 0.2) is 0 Å². The number of ether oxygens (including phenoxy) is 2. The first-order chi connectivity index (χ1) is 22.9. The zero-order chi connectivity index (χ0) is 34.1. The number of aryl methyl sites for hydroxylation is 2. The molecule has 0 fully saturated rings. The molecular weight excluding hydrogens is 627 g/mol. The van der Waals surface area contributed by atoms with Gasteiger partial charge >= 0.3 is 0 Å². The highest BCUT2D eigenvalue weighted by Crippen LogP contribution is 2.32. The van der Waals surface area contributed by atoms with Crippen LogP contribution < -0.4 is 9.46 Å². The van der Waals surface area contributed by atoms with Crippen LogP contribution in [0, 0.1) is 19.3 Å². The molecule has 0 radical (unpaired) electrons. The maximum Gasteiger partial charge on any atom is 0.264 e. The number of benzene rings is 2. The monoisotopic (exact) mass is 667 g/mol. The number of aromatic nitrogens is 3. The number of hydrogen-bond donors (Lipinski definition) is 1. The maximum atomic E-state index is 14.5. The average Bonchev–Trinajstić information content (AvgIpc) is 3.05. The number of fused-ring (bicyclic) bond motifs is 4. The molecule has 1 N–H and O–H groups in total. The van der Waals surface area contributed by atoms with Gasteiger partial charge in [-0.05, 0) is 79.1 Å². The summed E-state index contributed by atoms with van der Waals surface area (Å²) in [5.41, 5.74) is 6.08. The molecule has 0 aliphatic carbocycles. The van der Waals surface area contributed by atoms with Crippen LogP contribution in [-0.2, 0) is 21.3 Å². The molecule has 4 heterocycles. The fourth-order valence-electron chi connectivity index (χ4n) is 6.23. The summed E-state index contributed by atoms with van der Waals surface area (Å²) in [5.74, 6) is -0.242. The number of nitrogens with one attached hydrogen (secondary N) is 1. The molecule has 0 unspecified atom stereocenters. The predicted octanol–water partition coefficient (Wildman–Crippen LogP) is 6.60. The molecule has 2 aromatic carbocycles. The molecule has 0 saturated heterocycles. The molecule has 250 valence electrons. The zero-order valence-corrected chi connectivity index (χ0v) is 28.8. The fourth-order valence-corrected chi connectivity index (χ4v) is 7.22. The maximum absolute atomic E-state index is 14.5. The second-order valence-corrected chi connectivity index (χ2v) is 15.2. The standard InChI is InChI=1S/C37H41N5O5S/c1-24-9-6-10-25(2)34(24)32-20-33-40-36(39-32)41-48(44,45)30-13-7-11-27(19-30)35(43)42(29(23-47-33)21-37(3,4)5)22-28-12-8-14-31(38-28)26-15-17-46-18-16-26/h6-15,19-20,29H,16-18,21-23H2,1-5H3,(H,39,40,41)/t29-/m1/s1. The average molecular weight is 668 g/mol. The van der Waals surface area contributed by atoms with Crippen molar-refractivity contribution < 1.29 is 22.7 Å². The Labute approximate surface area is 282 Å². The predicted molar refractivity (Wildman–Crippen MR) is 185 cm³/mol. The Morgan fingerprint density at radius 3 is 2.42 bits per heavy atom. The van der Waals surface area contributed by atoms with Crippen molar-refractivity contribution in [2.45, 2.75) is 64.9 Å². The van der Waals surface area contributed by atoms with Crippen molar-refractivity contribution >= 4 is 27.5 Å². The summed E-state index contributed by atoms with van der Waals surface area (Å²) in [7, 11) is -4.17. The van der Waals surface area contributed by atoms with Crippen LogP contribution in [0.15, 0.2) is 77.7 Å². The first-order valence-electron chi connectivity index (χ1n) is 16.1. The molecule has 1 amide bonds.